The highest BCUT2D eigenvalue weighted by Crippen LogP contribution is 2.20. The SMILES string of the molecule is CCNC(=O)[C@H](Cc1ccccc1)N(Cc1cccc(Br)c1)C(=O)CCCN(C)S(=O)(=O)c1ccccc1. The summed E-state index contributed by atoms with van der Waals surface area (Å²) < 4.78 is 27.9. The highest BCUT2D eigenvalue weighted by molar-refractivity contribution is 9.10. The Morgan fingerprint density at radius 1 is 0.921 bits per heavy atom. The normalized spacial score (nSPS) is 12.2. The minimum absolute atomic E-state index is 0.105. The van der Waals surface area contributed by atoms with Crippen LogP contribution in [0.15, 0.2) is 94.3 Å². The number of likely N-dealkylation sites (N-methyl/N-ethyl adjacent to an activating group) is 1. The molecule has 38 heavy (non-hydrogen) atoms. The fraction of sp³-hybridized carbons (Fsp3) is 0.310. The maximum absolute atomic E-state index is 13.6. The van der Waals surface area contributed by atoms with Gasteiger partial charge in [-0.25, -0.2) is 12.7 Å². The van der Waals surface area contributed by atoms with Crippen molar-refractivity contribution in [1.82, 2.24) is 14.5 Å². The van der Waals surface area contributed by atoms with Gasteiger partial charge in [-0.15, -0.1) is 0 Å². The Labute approximate surface area is 234 Å². The Hall–Kier alpha value is -3.01. The van der Waals surface area contributed by atoms with Gasteiger partial charge in [0.2, 0.25) is 21.8 Å². The monoisotopic (exact) mass is 599 g/mol. The number of rotatable bonds is 13. The molecule has 3 rings (SSSR count). The molecule has 0 spiro atoms. The number of benzene rings is 3. The molecule has 0 saturated carbocycles. The van der Waals surface area contributed by atoms with E-state index < -0.39 is 16.1 Å². The maximum atomic E-state index is 13.6. The first-order valence-electron chi connectivity index (χ1n) is 12.6. The second-order valence-electron chi connectivity index (χ2n) is 8.99. The van der Waals surface area contributed by atoms with E-state index in [4.69, 9.17) is 0 Å². The van der Waals surface area contributed by atoms with Gasteiger partial charge < -0.3 is 10.2 Å². The van der Waals surface area contributed by atoms with Crippen molar-refractivity contribution in [2.75, 3.05) is 20.1 Å². The van der Waals surface area contributed by atoms with Crippen molar-refractivity contribution in [1.29, 1.82) is 0 Å². The first-order valence-corrected chi connectivity index (χ1v) is 14.8. The van der Waals surface area contributed by atoms with Crippen LogP contribution in [-0.4, -0.2) is 55.6 Å². The lowest BCUT2D eigenvalue weighted by atomic mass is 10.0. The summed E-state index contributed by atoms with van der Waals surface area (Å²) >= 11 is 3.48. The zero-order chi connectivity index (χ0) is 27.5. The third-order valence-corrected chi connectivity index (χ3v) is 8.54. The van der Waals surface area contributed by atoms with Gasteiger partial charge in [0.25, 0.3) is 0 Å². The van der Waals surface area contributed by atoms with Gasteiger partial charge in [0.05, 0.1) is 4.90 Å². The number of hydrogen-bond donors (Lipinski definition) is 1. The minimum Gasteiger partial charge on any atom is -0.355 e. The van der Waals surface area contributed by atoms with Crippen molar-refractivity contribution in [3.8, 4) is 0 Å². The molecule has 0 radical (unpaired) electrons. The second kappa shape index (κ2) is 14.2. The lowest BCUT2D eigenvalue weighted by Crippen LogP contribution is -2.50. The topological polar surface area (TPSA) is 86.8 Å². The Bertz CT molecular complexity index is 1300. The zero-order valence-corrected chi connectivity index (χ0v) is 24.1. The van der Waals surface area contributed by atoms with E-state index in [9.17, 15) is 18.0 Å². The van der Waals surface area contributed by atoms with Crippen LogP contribution in [0, 0.1) is 0 Å². The lowest BCUT2D eigenvalue weighted by molar-refractivity contribution is -0.141. The van der Waals surface area contributed by atoms with Gasteiger partial charge in [0.1, 0.15) is 6.04 Å². The van der Waals surface area contributed by atoms with Crippen LogP contribution in [0.5, 0.6) is 0 Å². The number of halogens is 1. The third kappa shape index (κ3) is 8.24. The molecule has 202 valence electrons. The maximum Gasteiger partial charge on any atom is 0.243 e. The van der Waals surface area contributed by atoms with Crippen molar-refractivity contribution in [2.24, 2.45) is 0 Å². The van der Waals surface area contributed by atoms with Crippen molar-refractivity contribution < 1.29 is 18.0 Å². The minimum atomic E-state index is -3.65. The molecular formula is C29H34BrN3O4S. The summed E-state index contributed by atoms with van der Waals surface area (Å²) in [6.07, 6.45) is 0.798. The van der Waals surface area contributed by atoms with Crippen molar-refractivity contribution in [2.45, 2.75) is 43.7 Å². The highest BCUT2D eigenvalue weighted by atomic mass is 79.9. The molecule has 3 aromatic rings. The van der Waals surface area contributed by atoms with Crippen LogP contribution in [0.25, 0.3) is 0 Å². The standard InChI is InChI=1S/C29H34BrN3O4S/c1-3-31-29(35)27(21-23-12-6-4-7-13-23)33(22-24-14-10-15-25(30)20-24)28(34)18-11-19-32(2)38(36,37)26-16-8-5-9-17-26/h4-10,12-17,20,27H,3,11,18-19,21-22H2,1-2H3,(H,31,35)/t27-/m0/s1. The van der Waals surface area contributed by atoms with Crippen LogP contribution in [0.4, 0.5) is 0 Å². The molecule has 0 aliphatic carbocycles. The van der Waals surface area contributed by atoms with Gasteiger partial charge in [-0.05, 0) is 48.7 Å². The molecule has 0 heterocycles. The van der Waals surface area contributed by atoms with Gasteiger partial charge in [-0.3, -0.25) is 9.59 Å². The predicted molar refractivity (Wildman–Crippen MR) is 153 cm³/mol. The summed E-state index contributed by atoms with van der Waals surface area (Å²) in [7, 11) is -2.14. The summed E-state index contributed by atoms with van der Waals surface area (Å²) in [5, 5.41) is 2.88. The van der Waals surface area contributed by atoms with Gasteiger partial charge in [-0.1, -0.05) is 76.6 Å². The van der Waals surface area contributed by atoms with Crippen LogP contribution in [0.2, 0.25) is 0 Å². The van der Waals surface area contributed by atoms with Crippen LogP contribution in [0.1, 0.15) is 30.9 Å². The smallest absolute Gasteiger partial charge is 0.243 e. The van der Waals surface area contributed by atoms with Crippen LogP contribution < -0.4 is 5.32 Å². The molecule has 0 bridgehead atoms. The van der Waals surface area contributed by atoms with Crippen LogP contribution in [-0.2, 0) is 32.6 Å². The molecular weight excluding hydrogens is 566 g/mol. The fourth-order valence-electron chi connectivity index (χ4n) is 4.17. The van der Waals surface area contributed by atoms with E-state index >= 15 is 0 Å². The summed E-state index contributed by atoms with van der Waals surface area (Å²) in [4.78, 5) is 28.7. The highest BCUT2D eigenvalue weighted by Gasteiger charge is 2.30. The van der Waals surface area contributed by atoms with Gasteiger partial charge >= 0.3 is 0 Å². The Morgan fingerprint density at radius 3 is 2.18 bits per heavy atom. The van der Waals surface area contributed by atoms with Gasteiger partial charge in [-0.2, -0.15) is 0 Å². The van der Waals surface area contributed by atoms with Crippen molar-refractivity contribution in [3.05, 3.63) is 101 Å². The van der Waals surface area contributed by atoms with E-state index in [1.54, 1.807) is 35.2 Å². The van der Waals surface area contributed by atoms with Crippen molar-refractivity contribution in [3.63, 3.8) is 0 Å². The molecule has 9 heteroatoms. The van der Waals surface area contributed by atoms with E-state index in [1.807, 2.05) is 61.5 Å². The quantitative estimate of drug-likeness (QED) is 0.310. The molecule has 0 aliphatic rings. The summed E-state index contributed by atoms with van der Waals surface area (Å²) in [6, 6.07) is 24.8. The molecule has 2 amide bonds. The lowest BCUT2D eigenvalue weighted by Gasteiger charge is -2.32. The second-order valence-corrected chi connectivity index (χ2v) is 12.0. The fourth-order valence-corrected chi connectivity index (χ4v) is 5.84. The number of hydrogen-bond acceptors (Lipinski definition) is 4. The molecule has 0 fully saturated rings. The summed E-state index contributed by atoms with van der Waals surface area (Å²) in [5.41, 5.74) is 1.84. The van der Waals surface area contributed by atoms with Crippen LogP contribution >= 0.6 is 15.9 Å². The molecule has 0 aromatic heterocycles. The van der Waals surface area contributed by atoms with Crippen molar-refractivity contribution >= 4 is 37.8 Å². The first kappa shape index (κ1) is 29.5. The number of nitrogens with zero attached hydrogens (tertiary/aromatic N) is 2. The molecule has 3 aromatic carbocycles. The number of carbonyl (C=O) groups excluding carboxylic acids is 2. The van der Waals surface area contributed by atoms with E-state index in [-0.39, 0.29) is 36.2 Å². The van der Waals surface area contributed by atoms with E-state index in [0.717, 1.165) is 15.6 Å². The molecule has 0 aliphatic heterocycles. The number of sulfonamides is 1. The molecule has 0 unspecified atom stereocenters. The average Bonchev–Trinajstić information content (AvgIpc) is 2.91. The van der Waals surface area contributed by atoms with Gasteiger partial charge in [0, 0.05) is 44.0 Å². The molecule has 0 saturated heterocycles. The first-order chi connectivity index (χ1) is 18.2. The summed E-state index contributed by atoms with van der Waals surface area (Å²) in [5.74, 6) is -0.425. The number of carbonyl (C=O) groups is 2. The van der Waals surface area contributed by atoms with E-state index in [2.05, 4.69) is 21.2 Å². The summed E-state index contributed by atoms with van der Waals surface area (Å²) in [6.45, 7) is 2.73. The zero-order valence-electron chi connectivity index (χ0n) is 21.7. The Kier molecular flexibility index (Phi) is 11.1. The Balaban J connectivity index is 1.80. The molecule has 1 N–H and O–H groups in total. The number of amides is 2. The van der Waals surface area contributed by atoms with Gasteiger partial charge in [0.15, 0.2) is 0 Å². The van der Waals surface area contributed by atoms with E-state index in [0.29, 0.717) is 19.4 Å². The van der Waals surface area contributed by atoms with Crippen LogP contribution in [0.3, 0.4) is 0 Å². The largest absolute Gasteiger partial charge is 0.355 e. The van der Waals surface area contributed by atoms with E-state index in [1.165, 1.54) is 11.4 Å². The average molecular weight is 601 g/mol. The molecule has 7 nitrogen and oxygen atoms in total. The Morgan fingerprint density at radius 2 is 1.55 bits per heavy atom. The molecule has 1 atom stereocenters. The number of nitrogens with one attached hydrogen (secondary N) is 1. The third-order valence-electron chi connectivity index (χ3n) is 6.18. The predicted octanol–water partition coefficient (Wildman–Crippen LogP) is 4.63.